The Morgan fingerprint density at radius 1 is 0.862 bits per heavy atom. The molecule has 0 fully saturated rings. The van der Waals surface area contributed by atoms with Crippen LogP contribution in [0.25, 0.3) is 0 Å². The SMILES string of the molecule is COC(=O)[C@H](CC=O)c1ccc(N(Cc2ccccc2)Cc2ccccc2)cc1. The molecule has 0 aliphatic rings. The van der Waals surface area contributed by atoms with Crippen LogP contribution in [0.2, 0.25) is 0 Å². The number of methoxy groups -OCH3 is 1. The van der Waals surface area contributed by atoms with E-state index < -0.39 is 11.9 Å². The van der Waals surface area contributed by atoms with Crippen molar-refractivity contribution >= 4 is 17.9 Å². The Bertz CT molecular complexity index is 866. The highest BCUT2D eigenvalue weighted by molar-refractivity contribution is 5.81. The second-order valence-corrected chi connectivity index (χ2v) is 6.90. The topological polar surface area (TPSA) is 46.6 Å². The number of esters is 1. The van der Waals surface area contributed by atoms with Crippen LogP contribution in [-0.2, 0) is 27.4 Å². The zero-order chi connectivity index (χ0) is 20.5. The number of nitrogens with zero attached hydrogens (tertiary/aromatic N) is 1. The highest BCUT2D eigenvalue weighted by Gasteiger charge is 2.21. The summed E-state index contributed by atoms with van der Waals surface area (Å²) in [5, 5.41) is 0. The normalized spacial score (nSPS) is 11.5. The van der Waals surface area contributed by atoms with Crippen LogP contribution in [0.5, 0.6) is 0 Å². The zero-order valence-corrected chi connectivity index (χ0v) is 16.5. The molecular formula is C25H25NO3. The predicted molar refractivity (Wildman–Crippen MR) is 115 cm³/mol. The molecule has 3 aromatic carbocycles. The quantitative estimate of drug-likeness (QED) is 0.393. The van der Waals surface area contributed by atoms with Gasteiger partial charge in [-0.2, -0.15) is 0 Å². The Morgan fingerprint density at radius 3 is 1.83 bits per heavy atom. The van der Waals surface area contributed by atoms with Crippen LogP contribution in [-0.4, -0.2) is 19.4 Å². The number of rotatable bonds is 9. The van der Waals surface area contributed by atoms with Crippen molar-refractivity contribution in [2.24, 2.45) is 0 Å². The van der Waals surface area contributed by atoms with Crippen molar-refractivity contribution < 1.29 is 14.3 Å². The van der Waals surface area contributed by atoms with E-state index in [2.05, 4.69) is 29.2 Å². The summed E-state index contributed by atoms with van der Waals surface area (Å²) in [4.78, 5) is 25.3. The molecule has 1 atom stereocenters. The minimum Gasteiger partial charge on any atom is -0.469 e. The van der Waals surface area contributed by atoms with Gasteiger partial charge in [0.2, 0.25) is 0 Å². The Labute approximate surface area is 171 Å². The molecule has 0 radical (unpaired) electrons. The molecule has 0 heterocycles. The van der Waals surface area contributed by atoms with Crippen LogP contribution in [0.15, 0.2) is 84.9 Å². The summed E-state index contributed by atoms with van der Waals surface area (Å²) < 4.78 is 4.85. The van der Waals surface area contributed by atoms with Crippen molar-refractivity contribution in [1.82, 2.24) is 0 Å². The predicted octanol–water partition coefficient (Wildman–Crippen LogP) is 4.74. The van der Waals surface area contributed by atoms with E-state index in [0.29, 0.717) is 0 Å². The van der Waals surface area contributed by atoms with E-state index in [1.54, 1.807) is 0 Å². The largest absolute Gasteiger partial charge is 0.469 e. The molecule has 0 aromatic heterocycles. The average Bonchev–Trinajstić information content (AvgIpc) is 2.78. The molecule has 0 N–H and O–H groups in total. The number of hydrogen-bond acceptors (Lipinski definition) is 4. The van der Waals surface area contributed by atoms with Crippen LogP contribution >= 0.6 is 0 Å². The monoisotopic (exact) mass is 387 g/mol. The van der Waals surface area contributed by atoms with Gasteiger partial charge in [0.05, 0.1) is 13.0 Å². The first-order chi connectivity index (χ1) is 14.2. The van der Waals surface area contributed by atoms with Crippen molar-refractivity contribution in [3.63, 3.8) is 0 Å². The fourth-order valence-corrected chi connectivity index (χ4v) is 3.37. The van der Waals surface area contributed by atoms with Crippen LogP contribution < -0.4 is 4.90 Å². The molecule has 4 heteroatoms. The van der Waals surface area contributed by atoms with Gasteiger partial charge in [0.15, 0.2) is 0 Å². The molecule has 0 saturated heterocycles. The van der Waals surface area contributed by atoms with Gasteiger partial charge in [0.25, 0.3) is 0 Å². The lowest BCUT2D eigenvalue weighted by atomic mass is 9.96. The third-order valence-electron chi connectivity index (χ3n) is 4.91. The van der Waals surface area contributed by atoms with Gasteiger partial charge in [-0.05, 0) is 28.8 Å². The number of ether oxygens (including phenoxy) is 1. The first-order valence-electron chi connectivity index (χ1n) is 9.65. The molecule has 0 amide bonds. The molecule has 0 unspecified atom stereocenters. The summed E-state index contributed by atoms with van der Waals surface area (Å²) >= 11 is 0. The fraction of sp³-hybridized carbons (Fsp3) is 0.200. The summed E-state index contributed by atoms with van der Waals surface area (Å²) in [5.74, 6) is -0.960. The molecule has 29 heavy (non-hydrogen) atoms. The van der Waals surface area contributed by atoms with Crippen molar-refractivity contribution in [3.8, 4) is 0 Å². The Hall–Kier alpha value is -3.40. The molecule has 3 aromatic rings. The summed E-state index contributed by atoms with van der Waals surface area (Å²) in [6, 6.07) is 28.5. The molecule has 0 spiro atoms. The van der Waals surface area contributed by atoms with Gasteiger partial charge in [-0.25, -0.2) is 0 Å². The Kier molecular flexibility index (Phi) is 7.17. The molecule has 0 saturated carbocycles. The standard InChI is InChI=1S/C25H25NO3/c1-29-25(28)24(16-17-27)22-12-14-23(15-13-22)26(18-20-8-4-2-5-9-20)19-21-10-6-3-7-11-21/h2-15,17,24H,16,18-19H2,1H3/t24-/m1/s1. The van der Waals surface area contributed by atoms with Gasteiger partial charge in [-0.1, -0.05) is 72.8 Å². The first-order valence-corrected chi connectivity index (χ1v) is 9.65. The molecule has 4 nitrogen and oxygen atoms in total. The molecule has 0 aliphatic carbocycles. The van der Waals surface area contributed by atoms with Gasteiger partial charge in [-0.3, -0.25) is 4.79 Å². The second kappa shape index (κ2) is 10.2. The summed E-state index contributed by atoms with van der Waals surface area (Å²) in [5.41, 5.74) is 4.28. The van der Waals surface area contributed by atoms with Crippen molar-refractivity contribution in [1.29, 1.82) is 0 Å². The Balaban J connectivity index is 1.86. The van der Waals surface area contributed by atoms with E-state index >= 15 is 0 Å². The maximum absolute atomic E-state index is 12.0. The van der Waals surface area contributed by atoms with Gasteiger partial charge in [-0.15, -0.1) is 0 Å². The molecule has 148 valence electrons. The third-order valence-corrected chi connectivity index (χ3v) is 4.91. The van der Waals surface area contributed by atoms with Crippen LogP contribution in [0.1, 0.15) is 29.0 Å². The second-order valence-electron chi connectivity index (χ2n) is 6.90. The van der Waals surface area contributed by atoms with Crippen molar-refractivity contribution in [2.75, 3.05) is 12.0 Å². The zero-order valence-electron chi connectivity index (χ0n) is 16.5. The van der Waals surface area contributed by atoms with Gasteiger partial charge in [0.1, 0.15) is 6.29 Å². The molecule has 0 bridgehead atoms. The van der Waals surface area contributed by atoms with Crippen LogP contribution in [0, 0.1) is 0 Å². The summed E-state index contributed by atoms with van der Waals surface area (Å²) in [6.07, 6.45) is 0.871. The van der Waals surface area contributed by atoms with E-state index in [4.69, 9.17) is 4.74 Å². The lowest BCUT2D eigenvalue weighted by Gasteiger charge is -2.26. The molecule has 3 rings (SSSR count). The average molecular weight is 387 g/mol. The third kappa shape index (κ3) is 5.55. The van der Waals surface area contributed by atoms with E-state index in [1.165, 1.54) is 18.2 Å². The van der Waals surface area contributed by atoms with Crippen LogP contribution in [0.3, 0.4) is 0 Å². The maximum Gasteiger partial charge on any atom is 0.313 e. The van der Waals surface area contributed by atoms with Crippen molar-refractivity contribution in [2.45, 2.75) is 25.4 Å². The maximum atomic E-state index is 12.0. The van der Waals surface area contributed by atoms with Gasteiger partial charge in [0, 0.05) is 25.2 Å². The van der Waals surface area contributed by atoms with Crippen molar-refractivity contribution in [3.05, 3.63) is 102 Å². The minimum absolute atomic E-state index is 0.115. The fourth-order valence-electron chi connectivity index (χ4n) is 3.37. The van der Waals surface area contributed by atoms with E-state index in [0.717, 1.165) is 30.6 Å². The molecular weight excluding hydrogens is 362 g/mol. The number of hydrogen-bond donors (Lipinski definition) is 0. The number of carbonyl (C=O) groups is 2. The highest BCUT2D eigenvalue weighted by atomic mass is 16.5. The summed E-state index contributed by atoms with van der Waals surface area (Å²) in [7, 11) is 1.34. The minimum atomic E-state index is -0.566. The number of carbonyl (C=O) groups excluding carboxylic acids is 2. The first kappa shape index (κ1) is 20.3. The molecule has 0 aliphatic heterocycles. The van der Waals surface area contributed by atoms with E-state index in [9.17, 15) is 9.59 Å². The number of benzene rings is 3. The summed E-state index contributed by atoms with van der Waals surface area (Å²) in [6.45, 7) is 1.54. The van der Waals surface area contributed by atoms with Crippen LogP contribution in [0.4, 0.5) is 5.69 Å². The van der Waals surface area contributed by atoms with E-state index in [-0.39, 0.29) is 6.42 Å². The lowest BCUT2D eigenvalue weighted by Crippen LogP contribution is -2.22. The number of anilines is 1. The lowest BCUT2D eigenvalue weighted by molar-refractivity contribution is -0.143. The number of aldehydes is 1. The smallest absolute Gasteiger partial charge is 0.313 e. The Morgan fingerprint density at radius 2 is 1.38 bits per heavy atom. The van der Waals surface area contributed by atoms with Gasteiger partial charge >= 0.3 is 5.97 Å². The van der Waals surface area contributed by atoms with E-state index in [1.807, 2.05) is 60.7 Å². The van der Waals surface area contributed by atoms with Gasteiger partial charge < -0.3 is 14.4 Å². The highest BCUT2D eigenvalue weighted by Crippen LogP contribution is 2.26.